The number of benzene rings is 1. The topological polar surface area (TPSA) is 65.7 Å². The molecule has 3 aromatic heterocycles. The molecule has 164 valence electrons. The van der Waals surface area contributed by atoms with Crippen LogP contribution in [0.5, 0.6) is 5.88 Å². The number of imidazole rings is 1. The fraction of sp³-hybridized carbons (Fsp3) is 0.308. The van der Waals surface area contributed by atoms with Crippen LogP contribution in [0.2, 0.25) is 0 Å². The first-order valence-corrected chi connectivity index (χ1v) is 10.8. The Morgan fingerprint density at radius 1 is 0.969 bits per heavy atom. The van der Waals surface area contributed by atoms with Crippen molar-refractivity contribution in [3.05, 3.63) is 82.6 Å². The van der Waals surface area contributed by atoms with E-state index >= 15 is 0 Å². The van der Waals surface area contributed by atoms with E-state index in [-0.39, 0.29) is 0 Å². The largest absolute Gasteiger partial charge is 0.479 e. The van der Waals surface area contributed by atoms with Gasteiger partial charge >= 0.3 is 0 Å². The summed E-state index contributed by atoms with van der Waals surface area (Å²) in [4.78, 5) is 8.96. The maximum absolute atomic E-state index is 5.54. The van der Waals surface area contributed by atoms with Gasteiger partial charge in [-0.2, -0.15) is 5.10 Å². The zero-order chi connectivity index (χ0) is 22.8. The van der Waals surface area contributed by atoms with Gasteiger partial charge in [-0.15, -0.1) is 5.10 Å². The summed E-state index contributed by atoms with van der Waals surface area (Å²) in [6.45, 7) is 10.6. The van der Waals surface area contributed by atoms with Gasteiger partial charge in [0.1, 0.15) is 11.4 Å². The summed E-state index contributed by atoms with van der Waals surface area (Å²) in [6, 6.07) is 12.5. The standard InChI is InChI=1S/C26H29N5O/c1-16-8-7-9-21(20(16)5)17(2)12-23-18(3)13-24(30-29-23)22-10-11-25(26(28-22)32-6)31-14-19(4)27-15-31/h7-11,13-15,17H,12H2,1-6H3/t17-/m1/s1. The van der Waals surface area contributed by atoms with E-state index < -0.39 is 0 Å². The van der Waals surface area contributed by atoms with Gasteiger partial charge in [-0.25, -0.2) is 9.97 Å². The summed E-state index contributed by atoms with van der Waals surface area (Å²) in [7, 11) is 1.62. The molecule has 0 radical (unpaired) electrons. The Bertz CT molecular complexity index is 1260. The first kappa shape index (κ1) is 21.7. The van der Waals surface area contributed by atoms with Crippen molar-refractivity contribution in [1.82, 2.24) is 24.7 Å². The number of methoxy groups -OCH3 is 1. The van der Waals surface area contributed by atoms with Gasteiger partial charge in [-0.05, 0) is 80.5 Å². The van der Waals surface area contributed by atoms with E-state index in [1.807, 2.05) is 29.8 Å². The predicted molar refractivity (Wildman–Crippen MR) is 126 cm³/mol. The van der Waals surface area contributed by atoms with Crippen LogP contribution in [0.15, 0.2) is 48.9 Å². The number of hydrogen-bond donors (Lipinski definition) is 0. The van der Waals surface area contributed by atoms with Gasteiger partial charge in [0.15, 0.2) is 0 Å². The smallest absolute Gasteiger partial charge is 0.238 e. The Morgan fingerprint density at radius 2 is 1.78 bits per heavy atom. The van der Waals surface area contributed by atoms with E-state index in [2.05, 4.69) is 72.1 Å². The van der Waals surface area contributed by atoms with Crippen molar-refractivity contribution in [3.63, 3.8) is 0 Å². The second-order valence-corrected chi connectivity index (χ2v) is 8.40. The van der Waals surface area contributed by atoms with Crippen LogP contribution in [-0.2, 0) is 6.42 Å². The molecule has 0 aliphatic carbocycles. The average Bonchev–Trinajstić information content (AvgIpc) is 3.22. The minimum Gasteiger partial charge on any atom is -0.479 e. The zero-order valence-corrected chi connectivity index (χ0v) is 19.5. The van der Waals surface area contributed by atoms with Crippen LogP contribution in [0.1, 0.15) is 46.5 Å². The molecule has 1 aromatic carbocycles. The molecule has 0 spiro atoms. The van der Waals surface area contributed by atoms with E-state index in [1.165, 1.54) is 16.7 Å². The third-order valence-electron chi connectivity index (χ3n) is 6.05. The fourth-order valence-electron chi connectivity index (χ4n) is 4.02. The highest BCUT2D eigenvalue weighted by atomic mass is 16.5. The number of aryl methyl sites for hydroxylation is 3. The molecule has 6 nitrogen and oxygen atoms in total. The molecule has 0 aliphatic heterocycles. The molecule has 0 saturated heterocycles. The Morgan fingerprint density at radius 3 is 2.47 bits per heavy atom. The monoisotopic (exact) mass is 427 g/mol. The first-order valence-electron chi connectivity index (χ1n) is 10.8. The molecule has 3 heterocycles. The Hall–Kier alpha value is -3.54. The number of hydrogen-bond acceptors (Lipinski definition) is 5. The molecule has 0 amide bonds. The molecule has 0 unspecified atom stereocenters. The third kappa shape index (κ3) is 4.26. The van der Waals surface area contributed by atoms with Crippen molar-refractivity contribution in [2.75, 3.05) is 7.11 Å². The normalized spacial score (nSPS) is 12.1. The highest BCUT2D eigenvalue weighted by Gasteiger charge is 2.16. The molecule has 0 aliphatic rings. The van der Waals surface area contributed by atoms with Gasteiger partial charge in [-0.1, -0.05) is 25.1 Å². The summed E-state index contributed by atoms with van der Waals surface area (Å²) < 4.78 is 7.44. The van der Waals surface area contributed by atoms with Gasteiger partial charge in [0.05, 0.1) is 30.5 Å². The lowest BCUT2D eigenvalue weighted by molar-refractivity contribution is 0.396. The van der Waals surface area contributed by atoms with Crippen LogP contribution in [0, 0.1) is 27.7 Å². The Balaban J connectivity index is 1.60. The van der Waals surface area contributed by atoms with Crippen LogP contribution in [-0.4, -0.2) is 31.8 Å². The van der Waals surface area contributed by atoms with Crippen molar-refractivity contribution in [1.29, 1.82) is 0 Å². The summed E-state index contributed by atoms with van der Waals surface area (Å²) in [5.41, 5.74) is 9.40. The number of aromatic nitrogens is 5. The van der Waals surface area contributed by atoms with Crippen LogP contribution in [0.25, 0.3) is 17.1 Å². The average molecular weight is 428 g/mol. The van der Waals surface area contributed by atoms with E-state index in [0.29, 0.717) is 11.8 Å². The predicted octanol–water partition coefficient (Wildman–Crippen LogP) is 5.31. The van der Waals surface area contributed by atoms with Gasteiger partial charge in [-0.3, -0.25) is 0 Å². The van der Waals surface area contributed by atoms with Crippen LogP contribution in [0.4, 0.5) is 0 Å². The molecule has 0 N–H and O–H groups in total. The van der Waals surface area contributed by atoms with Crippen molar-refractivity contribution in [3.8, 4) is 23.0 Å². The summed E-state index contributed by atoms with van der Waals surface area (Å²) in [6.07, 6.45) is 4.54. The molecule has 32 heavy (non-hydrogen) atoms. The lowest BCUT2D eigenvalue weighted by atomic mass is 9.89. The number of pyridine rings is 1. The maximum Gasteiger partial charge on any atom is 0.238 e. The molecule has 0 saturated carbocycles. The molecular formula is C26H29N5O. The second kappa shape index (κ2) is 8.91. The molecule has 1 atom stereocenters. The van der Waals surface area contributed by atoms with Gasteiger partial charge in [0.2, 0.25) is 5.88 Å². The highest BCUT2D eigenvalue weighted by molar-refractivity contribution is 5.59. The number of ether oxygens (including phenoxy) is 1. The van der Waals surface area contributed by atoms with Gasteiger partial charge < -0.3 is 9.30 Å². The number of rotatable bonds is 6. The van der Waals surface area contributed by atoms with E-state index in [4.69, 9.17) is 4.74 Å². The highest BCUT2D eigenvalue weighted by Crippen LogP contribution is 2.28. The van der Waals surface area contributed by atoms with Crippen molar-refractivity contribution in [2.45, 2.75) is 47.0 Å². The lowest BCUT2D eigenvalue weighted by Crippen LogP contribution is -2.07. The Kier molecular flexibility index (Phi) is 6.04. The molecule has 0 fully saturated rings. The molecule has 6 heteroatoms. The summed E-state index contributed by atoms with van der Waals surface area (Å²) in [5, 5.41) is 9.06. The van der Waals surface area contributed by atoms with E-state index in [9.17, 15) is 0 Å². The first-order chi connectivity index (χ1) is 15.4. The van der Waals surface area contributed by atoms with Crippen molar-refractivity contribution < 1.29 is 4.74 Å². The number of nitrogens with zero attached hydrogens (tertiary/aromatic N) is 5. The van der Waals surface area contributed by atoms with Crippen LogP contribution < -0.4 is 4.74 Å². The SMILES string of the molecule is COc1nc(-c2cc(C)c(C[C@@H](C)c3cccc(C)c3C)nn2)ccc1-n1cnc(C)c1. The van der Waals surface area contributed by atoms with Gasteiger partial charge in [0, 0.05) is 6.20 Å². The zero-order valence-electron chi connectivity index (χ0n) is 19.5. The Labute approximate surface area is 189 Å². The van der Waals surface area contributed by atoms with Gasteiger partial charge in [0.25, 0.3) is 0 Å². The molecule has 4 rings (SSSR count). The van der Waals surface area contributed by atoms with Crippen LogP contribution >= 0.6 is 0 Å². The lowest BCUT2D eigenvalue weighted by Gasteiger charge is -2.17. The second-order valence-electron chi connectivity index (χ2n) is 8.40. The quantitative estimate of drug-likeness (QED) is 0.417. The minimum atomic E-state index is 0.366. The summed E-state index contributed by atoms with van der Waals surface area (Å²) >= 11 is 0. The summed E-state index contributed by atoms with van der Waals surface area (Å²) in [5.74, 6) is 0.886. The fourth-order valence-corrected chi connectivity index (χ4v) is 4.02. The third-order valence-corrected chi connectivity index (χ3v) is 6.05. The molecule has 4 aromatic rings. The van der Waals surface area contributed by atoms with Crippen LogP contribution in [0.3, 0.4) is 0 Å². The minimum absolute atomic E-state index is 0.366. The van der Waals surface area contributed by atoms with Crippen molar-refractivity contribution >= 4 is 0 Å². The van der Waals surface area contributed by atoms with E-state index in [1.54, 1.807) is 13.4 Å². The molecular weight excluding hydrogens is 398 g/mol. The molecule has 0 bridgehead atoms. The maximum atomic E-state index is 5.54. The van der Waals surface area contributed by atoms with Crippen molar-refractivity contribution in [2.24, 2.45) is 0 Å². The van der Waals surface area contributed by atoms with E-state index in [0.717, 1.165) is 40.4 Å².